The van der Waals surface area contributed by atoms with Gasteiger partial charge in [-0.15, -0.1) is 5.10 Å². The molecule has 0 spiro atoms. The van der Waals surface area contributed by atoms with Gasteiger partial charge in [-0.25, -0.2) is 0 Å². The number of nitrogens with zero attached hydrogens (tertiary/aromatic N) is 2. The molecule has 0 saturated heterocycles. The van der Waals surface area contributed by atoms with E-state index in [9.17, 15) is 0 Å². The molecule has 1 aliphatic heterocycles. The van der Waals surface area contributed by atoms with Gasteiger partial charge in [-0.1, -0.05) is 50.7 Å². The maximum Gasteiger partial charge on any atom is 0.127 e. The Bertz CT molecular complexity index is 604. The quantitative estimate of drug-likeness (QED) is 0.706. The van der Waals surface area contributed by atoms with Crippen molar-refractivity contribution in [1.82, 2.24) is 10.2 Å². The SMILES string of the molecule is Cc1nnc2c3c(cccc13)C(C)(C)C(C)S2. The van der Waals surface area contributed by atoms with Crippen LogP contribution in [0.3, 0.4) is 0 Å². The summed E-state index contributed by atoms with van der Waals surface area (Å²) in [6.45, 7) is 8.94. The van der Waals surface area contributed by atoms with Crippen molar-refractivity contribution in [3.63, 3.8) is 0 Å². The summed E-state index contributed by atoms with van der Waals surface area (Å²) in [4.78, 5) is 0. The highest BCUT2D eigenvalue weighted by Crippen LogP contribution is 2.47. The van der Waals surface area contributed by atoms with Crippen molar-refractivity contribution in [1.29, 1.82) is 0 Å². The van der Waals surface area contributed by atoms with Gasteiger partial charge in [-0.05, 0) is 12.5 Å². The van der Waals surface area contributed by atoms with Crippen LogP contribution in [-0.2, 0) is 5.41 Å². The van der Waals surface area contributed by atoms with Gasteiger partial charge in [0.1, 0.15) is 5.03 Å². The summed E-state index contributed by atoms with van der Waals surface area (Å²) in [5.74, 6) is 0. The van der Waals surface area contributed by atoms with E-state index in [-0.39, 0.29) is 5.41 Å². The van der Waals surface area contributed by atoms with Crippen LogP contribution < -0.4 is 0 Å². The number of hydrogen-bond acceptors (Lipinski definition) is 3. The molecule has 1 unspecified atom stereocenters. The molecule has 88 valence electrons. The minimum atomic E-state index is 0.187. The Morgan fingerprint density at radius 3 is 2.76 bits per heavy atom. The third kappa shape index (κ3) is 1.41. The fourth-order valence-corrected chi connectivity index (χ4v) is 3.64. The molecule has 0 aliphatic carbocycles. The van der Waals surface area contributed by atoms with Gasteiger partial charge in [0.2, 0.25) is 0 Å². The summed E-state index contributed by atoms with van der Waals surface area (Å²) >= 11 is 1.85. The van der Waals surface area contributed by atoms with Crippen molar-refractivity contribution in [3.8, 4) is 0 Å². The van der Waals surface area contributed by atoms with Crippen LogP contribution in [0.2, 0.25) is 0 Å². The van der Waals surface area contributed by atoms with Crippen LogP contribution in [0, 0.1) is 6.92 Å². The zero-order valence-electron chi connectivity index (χ0n) is 10.6. The van der Waals surface area contributed by atoms with Crippen molar-refractivity contribution in [2.75, 3.05) is 0 Å². The Morgan fingerprint density at radius 1 is 1.24 bits per heavy atom. The van der Waals surface area contributed by atoms with Crippen molar-refractivity contribution < 1.29 is 0 Å². The molecule has 3 rings (SSSR count). The molecule has 2 nitrogen and oxygen atoms in total. The van der Waals surface area contributed by atoms with Crippen LogP contribution in [0.15, 0.2) is 23.2 Å². The van der Waals surface area contributed by atoms with Gasteiger partial charge in [0.05, 0.1) is 5.69 Å². The lowest BCUT2D eigenvalue weighted by Gasteiger charge is -2.37. The Morgan fingerprint density at radius 2 is 2.00 bits per heavy atom. The molecule has 0 fully saturated rings. The number of aromatic nitrogens is 2. The number of thioether (sulfide) groups is 1. The molecule has 3 heteroatoms. The third-order valence-corrected chi connectivity index (χ3v) is 5.41. The second kappa shape index (κ2) is 3.45. The zero-order valence-corrected chi connectivity index (χ0v) is 11.4. The first-order valence-corrected chi connectivity index (χ1v) is 6.83. The van der Waals surface area contributed by atoms with Crippen molar-refractivity contribution >= 4 is 22.5 Å². The Hall–Kier alpha value is -1.09. The Labute approximate surface area is 106 Å². The predicted octanol–water partition coefficient (Wildman–Crippen LogP) is 3.71. The van der Waals surface area contributed by atoms with E-state index in [1.165, 1.54) is 16.3 Å². The molecule has 0 radical (unpaired) electrons. The van der Waals surface area contributed by atoms with E-state index in [1.54, 1.807) is 0 Å². The van der Waals surface area contributed by atoms with Crippen LogP contribution in [0.1, 0.15) is 32.0 Å². The van der Waals surface area contributed by atoms with Crippen molar-refractivity contribution in [3.05, 3.63) is 29.5 Å². The monoisotopic (exact) mass is 244 g/mol. The van der Waals surface area contributed by atoms with Crippen LogP contribution >= 0.6 is 11.8 Å². The number of aryl methyl sites for hydroxylation is 1. The van der Waals surface area contributed by atoms with Gasteiger partial charge in [-0.2, -0.15) is 5.10 Å². The van der Waals surface area contributed by atoms with Crippen molar-refractivity contribution in [2.45, 2.75) is 43.4 Å². The van der Waals surface area contributed by atoms with Gasteiger partial charge in [0.25, 0.3) is 0 Å². The van der Waals surface area contributed by atoms with E-state index in [2.05, 4.69) is 49.2 Å². The summed E-state index contributed by atoms with van der Waals surface area (Å²) in [6.07, 6.45) is 0. The highest BCUT2D eigenvalue weighted by Gasteiger charge is 2.36. The molecular formula is C14H16N2S. The van der Waals surface area contributed by atoms with Crippen LogP contribution in [-0.4, -0.2) is 15.4 Å². The number of hydrogen-bond donors (Lipinski definition) is 0. The largest absolute Gasteiger partial charge is 0.154 e. The topological polar surface area (TPSA) is 25.8 Å². The number of benzene rings is 1. The van der Waals surface area contributed by atoms with E-state index < -0.39 is 0 Å². The van der Waals surface area contributed by atoms with E-state index >= 15 is 0 Å². The van der Waals surface area contributed by atoms with E-state index in [0.29, 0.717) is 5.25 Å². The first-order chi connectivity index (χ1) is 8.01. The average molecular weight is 244 g/mol. The van der Waals surface area contributed by atoms with Crippen LogP contribution in [0.4, 0.5) is 0 Å². The van der Waals surface area contributed by atoms with E-state index in [0.717, 1.165) is 10.7 Å². The summed E-state index contributed by atoms with van der Waals surface area (Å²) in [5.41, 5.74) is 2.62. The van der Waals surface area contributed by atoms with E-state index in [1.807, 2.05) is 18.7 Å². The lowest BCUT2D eigenvalue weighted by Crippen LogP contribution is -2.32. The van der Waals surface area contributed by atoms with Crippen LogP contribution in [0.25, 0.3) is 10.8 Å². The first-order valence-electron chi connectivity index (χ1n) is 5.95. The molecule has 1 atom stereocenters. The molecule has 2 heterocycles. The lowest BCUT2D eigenvalue weighted by molar-refractivity contribution is 0.518. The van der Waals surface area contributed by atoms with Gasteiger partial charge >= 0.3 is 0 Å². The van der Waals surface area contributed by atoms with Gasteiger partial charge in [0.15, 0.2) is 0 Å². The highest BCUT2D eigenvalue weighted by molar-refractivity contribution is 8.00. The Kier molecular flexibility index (Phi) is 2.24. The average Bonchev–Trinajstić information content (AvgIpc) is 2.30. The number of rotatable bonds is 0. The Balaban J connectivity index is 2.47. The molecule has 0 saturated carbocycles. The normalized spacial score (nSPS) is 21.8. The highest BCUT2D eigenvalue weighted by atomic mass is 32.2. The molecule has 1 aromatic carbocycles. The zero-order chi connectivity index (χ0) is 12.2. The molecule has 0 N–H and O–H groups in total. The second-order valence-corrected chi connectivity index (χ2v) is 6.63. The summed E-state index contributed by atoms with van der Waals surface area (Å²) in [7, 11) is 0. The molecule has 1 aliphatic rings. The first kappa shape index (κ1) is 11.0. The fraction of sp³-hybridized carbons (Fsp3) is 0.429. The maximum atomic E-state index is 4.37. The molecule has 1 aromatic heterocycles. The predicted molar refractivity (Wildman–Crippen MR) is 72.6 cm³/mol. The minimum Gasteiger partial charge on any atom is -0.154 e. The smallest absolute Gasteiger partial charge is 0.127 e. The standard InChI is InChI=1S/C14H16N2S/c1-8-10-6-5-7-11-12(10)13(16-15-8)17-9(2)14(11,3)4/h5-7,9H,1-4H3. The third-order valence-electron chi connectivity index (χ3n) is 3.96. The van der Waals surface area contributed by atoms with Crippen LogP contribution in [0.5, 0.6) is 0 Å². The molecule has 17 heavy (non-hydrogen) atoms. The minimum absolute atomic E-state index is 0.187. The second-order valence-electron chi connectivity index (χ2n) is 5.30. The summed E-state index contributed by atoms with van der Waals surface area (Å²) < 4.78 is 0. The fourth-order valence-electron chi connectivity index (χ4n) is 2.46. The van der Waals surface area contributed by atoms with Gasteiger partial charge in [0, 0.05) is 21.4 Å². The maximum absolute atomic E-state index is 4.37. The summed E-state index contributed by atoms with van der Waals surface area (Å²) in [6, 6.07) is 6.53. The molecular weight excluding hydrogens is 228 g/mol. The van der Waals surface area contributed by atoms with Gasteiger partial charge in [-0.3, -0.25) is 0 Å². The molecule has 2 aromatic rings. The van der Waals surface area contributed by atoms with Gasteiger partial charge < -0.3 is 0 Å². The lowest BCUT2D eigenvalue weighted by atomic mass is 9.79. The molecule has 0 bridgehead atoms. The van der Waals surface area contributed by atoms with Crippen molar-refractivity contribution in [2.24, 2.45) is 0 Å². The summed E-state index contributed by atoms with van der Waals surface area (Å²) in [5, 5.41) is 12.8. The van der Waals surface area contributed by atoms with E-state index in [4.69, 9.17) is 0 Å². The molecule has 0 amide bonds.